The number of sulfone groups is 1. The van der Waals surface area contributed by atoms with Gasteiger partial charge in [0, 0.05) is 23.6 Å². The van der Waals surface area contributed by atoms with E-state index in [0.717, 1.165) is 17.7 Å². The molecule has 1 aromatic rings. The van der Waals surface area contributed by atoms with Crippen molar-refractivity contribution in [2.75, 3.05) is 26.2 Å². The Labute approximate surface area is 109 Å². The predicted molar refractivity (Wildman–Crippen MR) is 73.7 cm³/mol. The van der Waals surface area contributed by atoms with E-state index in [1.165, 1.54) is 6.26 Å². The van der Waals surface area contributed by atoms with Gasteiger partial charge in [-0.25, -0.2) is 8.42 Å². The Morgan fingerprint density at radius 1 is 1.33 bits per heavy atom. The normalized spacial score (nSPS) is 13.3. The molecule has 5 heteroatoms. The number of benzene rings is 1. The summed E-state index contributed by atoms with van der Waals surface area (Å²) in [7, 11) is 0.629. The molecule has 1 unspecified atom stereocenters. The maximum Gasteiger partial charge on any atom is 0.147 e. The Hall–Kier alpha value is -1.07. The van der Waals surface area contributed by atoms with Crippen molar-refractivity contribution < 1.29 is 13.2 Å². The topological polar surface area (TPSA) is 55.4 Å². The smallest absolute Gasteiger partial charge is 0.147 e. The lowest BCUT2D eigenvalue weighted by molar-refractivity contribution is 0.398. The van der Waals surface area contributed by atoms with Crippen LogP contribution in [0.15, 0.2) is 24.3 Å². The van der Waals surface area contributed by atoms with Gasteiger partial charge in [-0.3, -0.25) is 0 Å². The second-order valence-electron chi connectivity index (χ2n) is 4.36. The predicted octanol–water partition coefficient (Wildman–Crippen LogP) is 1.78. The molecule has 0 saturated heterocycles. The fourth-order valence-corrected chi connectivity index (χ4v) is 2.65. The van der Waals surface area contributed by atoms with Gasteiger partial charge in [-0.15, -0.1) is 0 Å². The van der Waals surface area contributed by atoms with E-state index in [1.807, 2.05) is 31.3 Å². The number of rotatable bonds is 7. The molecule has 0 aliphatic rings. The summed E-state index contributed by atoms with van der Waals surface area (Å²) < 4.78 is 27.5. The number of ether oxygens (including phenoxy) is 1. The summed E-state index contributed by atoms with van der Waals surface area (Å²) in [6.07, 6.45) is 2.68. The van der Waals surface area contributed by atoms with Crippen molar-refractivity contribution in [1.29, 1.82) is 0 Å². The third-order valence-corrected chi connectivity index (χ3v) is 3.90. The molecule has 1 aromatic carbocycles. The summed E-state index contributed by atoms with van der Waals surface area (Å²) in [5, 5.41) is 3.20. The van der Waals surface area contributed by atoms with E-state index in [-0.39, 0.29) is 11.8 Å². The molecule has 0 aromatic heterocycles. The van der Waals surface area contributed by atoms with Crippen LogP contribution >= 0.6 is 0 Å². The van der Waals surface area contributed by atoms with Gasteiger partial charge in [0.1, 0.15) is 15.6 Å². The number of methoxy groups -OCH3 is 1. The fraction of sp³-hybridized carbons (Fsp3) is 0.538. The molecule has 0 bridgehead atoms. The third kappa shape index (κ3) is 4.66. The van der Waals surface area contributed by atoms with Gasteiger partial charge >= 0.3 is 0 Å². The SMILES string of the molecule is CNC(CCCS(C)(=O)=O)c1ccccc1OC. The van der Waals surface area contributed by atoms with Crippen molar-refractivity contribution in [2.24, 2.45) is 0 Å². The van der Waals surface area contributed by atoms with Crippen molar-refractivity contribution in [3.05, 3.63) is 29.8 Å². The molecule has 0 heterocycles. The van der Waals surface area contributed by atoms with E-state index in [0.29, 0.717) is 6.42 Å². The molecule has 0 aliphatic heterocycles. The molecular weight excluding hydrogens is 250 g/mol. The summed E-state index contributed by atoms with van der Waals surface area (Å²) in [5.74, 6) is 1.05. The highest BCUT2D eigenvalue weighted by molar-refractivity contribution is 7.90. The van der Waals surface area contributed by atoms with Crippen LogP contribution < -0.4 is 10.1 Å². The summed E-state index contributed by atoms with van der Waals surface area (Å²) >= 11 is 0. The Morgan fingerprint density at radius 3 is 2.56 bits per heavy atom. The van der Waals surface area contributed by atoms with Crippen molar-refractivity contribution >= 4 is 9.84 Å². The molecule has 0 spiro atoms. The van der Waals surface area contributed by atoms with E-state index in [9.17, 15) is 8.42 Å². The van der Waals surface area contributed by atoms with Crippen LogP contribution in [0.4, 0.5) is 0 Å². The zero-order valence-corrected chi connectivity index (χ0v) is 12.0. The maximum absolute atomic E-state index is 11.1. The van der Waals surface area contributed by atoms with E-state index in [1.54, 1.807) is 7.11 Å². The van der Waals surface area contributed by atoms with Crippen LogP contribution in [0, 0.1) is 0 Å². The molecule has 0 saturated carbocycles. The number of hydrogen-bond acceptors (Lipinski definition) is 4. The van der Waals surface area contributed by atoms with Gasteiger partial charge in [0.05, 0.1) is 7.11 Å². The maximum atomic E-state index is 11.1. The molecule has 0 aliphatic carbocycles. The molecule has 0 amide bonds. The van der Waals surface area contributed by atoms with Gasteiger partial charge in [-0.05, 0) is 26.0 Å². The molecule has 102 valence electrons. The van der Waals surface area contributed by atoms with E-state index in [2.05, 4.69) is 5.32 Å². The van der Waals surface area contributed by atoms with Gasteiger partial charge in [0.15, 0.2) is 0 Å². The average Bonchev–Trinajstić information content (AvgIpc) is 2.33. The second-order valence-corrected chi connectivity index (χ2v) is 6.62. The lowest BCUT2D eigenvalue weighted by Gasteiger charge is -2.19. The highest BCUT2D eigenvalue weighted by Gasteiger charge is 2.14. The summed E-state index contributed by atoms with van der Waals surface area (Å²) in [4.78, 5) is 0. The van der Waals surface area contributed by atoms with Gasteiger partial charge < -0.3 is 10.1 Å². The molecule has 1 atom stereocenters. The monoisotopic (exact) mass is 271 g/mol. The van der Waals surface area contributed by atoms with Crippen LogP contribution in [0.2, 0.25) is 0 Å². The zero-order chi connectivity index (χ0) is 13.6. The first-order valence-electron chi connectivity index (χ1n) is 5.96. The van der Waals surface area contributed by atoms with Crippen LogP contribution in [-0.2, 0) is 9.84 Å². The number of para-hydroxylation sites is 1. The number of hydrogen-bond donors (Lipinski definition) is 1. The highest BCUT2D eigenvalue weighted by Crippen LogP contribution is 2.27. The highest BCUT2D eigenvalue weighted by atomic mass is 32.2. The van der Waals surface area contributed by atoms with Crippen LogP contribution in [0.1, 0.15) is 24.4 Å². The molecule has 18 heavy (non-hydrogen) atoms. The standard InChI is InChI=1S/C13H21NO3S/c1-14-12(8-6-10-18(3,15)16)11-7-4-5-9-13(11)17-2/h4-5,7,9,12,14H,6,8,10H2,1-3H3. The van der Waals surface area contributed by atoms with Crippen LogP contribution in [-0.4, -0.2) is 34.6 Å². The molecule has 1 rings (SSSR count). The second kappa shape index (κ2) is 6.75. The van der Waals surface area contributed by atoms with Gasteiger partial charge in [-0.1, -0.05) is 18.2 Å². The first-order chi connectivity index (χ1) is 8.48. The van der Waals surface area contributed by atoms with Gasteiger partial charge in [0.25, 0.3) is 0 Å². The lowest BCUT2D eigenvalue weighted by atomic mass is 10.0. The third-order valence-electron chi connectivity index (χ3n) is 2.87. The van der Waals surface area contributed by atoms with Crippen LogP contribution in [0.3, 0.4) is 0 Å². The zero-order valence-electron chi connectivity index (χ0n) is 11.1. The minimum Gasteiger partial charge on any atom is -0.496 e. The largest absolute Gasteiger partial charge is 0.496 e. The minimum absolute atomic E-state index is 0.114. The van der Waals surface area contributed by atoms with Crippen LogP contribution in [0.25, 0.3) is 0 Å². The Bertz CT molecular complexity index is 471. The molecular formula is C13H21NO3S. The van der Waals surface area contributed by atoms with Crippen LogP contribution in [0.5, 0.6) is 5.75 Å². The summed E-state index contributed by atoms with van der Waals surface area (Å²) in [6, 6.07) is 7.91. The first kappa shape index (κ1) is 15.0. The van der Waals surface area contributed by atoms with E-state index < -0.39 is 9.84 Å². The average molecular weight is 271 g/mol. The van der Waals surface area contributed by atoms with Gasteiger partial charge in [0.2, 0.25) is 0 Å². The molecule has 0 fully saturated rings. The van der Waals surface area contributed by atoms with Crippen molar-refractivity contribution in [2.45, 2.75) is 18.9 Å². The molecule has 4 nitrogen and oxygen atoms in total. The Morgan fingerprint density at radius 2 is 2.00 bits per heavy atom. The number of nitrogens with one attached hydrogen (secondary N) is 1. The van der Waals surface area contributed by atoms with Gasteiger partial charge in [-0.2, -0.15) is 0 Å². The first-order valence-corrected chi connectivity index (χ1v) is 8.02. The lowest BCUT2D eigenvalue weighted by Crippen LogP contribution is -2.18. The van der Waals surface area contributed by atoms with E-state index >= 15 is 0 Å². The fourth-order valence-electron chi connectivity index (χ4n) is 1.96. The van der Waals surface area contributed by atoms with Crippen molar-refractivity contribution in [1.82, 2.24) is 5.32 Å². The minimum atomic E-state index is -2.88. The quantitative estimate of drug-likeness (QED) is 0.821. The molecule has 0 radical (unpaired) electrons. The van der Waals surface area contributed by atoms with E-state index in [4.69, 9.17) is 4.74 Å². The Kier molecular flexibility index (Phi) is 5.62. The molecule has 1 N–H and O–H groups in total. The summed E-state index contributed by atoms with van der Waals surface area (Å²) in [6.45, 7) is 0. The Balaban J connectivity index is 2.71. The summed E-state index contributed by atoms with van der Waals surface area (Å²) in [5.41, 5.74) is 1.07. The van der Waals surface area contributed by atoms with Crippen molar-refractivity contribution in [3.63, 3.8) is 0 Å². The van der Waals surface area contributed by atoms with Crippen molar-refractivity contribution in [3.8, 4) is 5.75 Å².